The molecule has 0 aliphatic heterocycles. The SMILES string of the molecule is CC(=NNc1cc(Cl)nc(C)n1)c1ccc(N(C)C)cc1. The molecule has 1 N–H and O–H groups in total. The Kier molecular flexibility index (Phi) is 4.75. The van der Waals surface area contributed by atoms with Crippen molar-refractivity contribution in [3.05, 3.63) is 46.9 Å². The zero-order valence-corrected chi connectivity index (χ0v) is 13.3. The summed E-state index contributed by atoms with van der Waals surface area (Å²) in [5.74, 6) is 1.19. The fourth-order valence-electron chi connectivity index (χ4n) is 1.79. The van der Waals surface area contributed by atoms with Crippen molar-refractivity contribution in [1.82, 2.24) is 9.97 Å². The molecule has 6 heteroatoms. The van der Waals surface area contributed by atoms with Gasteiger partial charge in [-0.05, 0) is 31.5 Å². The Morgan fingerprint density at radius 2 is 1.86 bits per heavy atom. The van der Waals surface area contributed by atoms with Crippen LogP contribution in [0.15, 0.2) is 35.4 Å². The van der Waals surface area contributed by atoms with Crippen LogP contribution in [0.1, 0.15) is 18.3 Å². The highest BCUT2D eigenvalue weighted by Gasteiger charge is 2.01. The van der Waals surface area contributed by atoms with Crippen LogP contribution in [0, 0.1) is 6.92 Å². The maximum atomic E-state index is 5.89. The maximum Gasteiger partial charge on any atom is 0.151 e. The van der Waals surface area contributed by atoms with Crippen LogP contribution >= 0.6 is 11.6 Å². The summed E-state index contributed by atoms with van der Waals surface area (Å²) in [4.78, 5) is 10.3. The van der Waals surface area contributed by atoms with Gasteiger partial charge in [-0.3, -0.25) is 5.43 Å². The molecule has 5 nitrogen and oxygen atoms in total. The molecule has 1 aromatic carbocycles. The van der Waals surface area contributed by atoms with Crippen LogP contribution in [-0.2, 0) is 0 Å². The quantitative estimate of drug-likeness (QED) is 0.535. The smallest absolute Gasteiger partial charge is 0.151 e. The van der Waals surface area contributed by atoms with Crippen molar-refractivity contribution >= 4 is 28.8 Å². The number of aryl methyl sites for hydroxylation is 1. The molecule has 2 rings (SSSR count). The second-order valence-electron chi connectivity index (χ2n) is 4.87. The largest absolute Gasteiger partial charge is 0.378 e. The molecule has 2 aromatic rings. The monoisotopic (exact) mass is 303 g/mol. The van der Waals surface area contributed by atoms with Gasteiger partial charge in [0, 0.05) is 25.8 Å². The van der Waals surface area contributed by atoms with Gasteiger partial charge in [0.2, 0.25) is 0 Å². The summed E-state index contributed by atoms with van der Waals surface area (Å²) in [6.45, 7) is 3.72. The molecule has 0 spiro atoms. The number of anilines is 2. The van der Waals surface area contributed by atoms with Gasteiger partial charge in [0.1, 0.15) is 11.0 Å². The molecular formula is C15H18ClN5. The zero-order valence-electron chi connectivity index (χ0n) is 12.6. The van der Waals surface area contributed by atoms with Gasteiger partial charge < -0.3 is 4.90 Å². The molecule has 1 heterocycles. The Labute approximate surface area is 129 Å². The van der Waals surface area contributed by atoms with E-state index < -0.39 is 0 Å². The highest BCUT2D eigenvalue weighted by atomic mass is 35.5. The Bertz CT molecular complexity index is 629. The lowest BCUT2D eigenvalue weighted by molar-refractivity contribution is 1.04. The molecule has 1 aromatic heterocycles. The van der Waals surface area contributed by atoms with Gasteiger partial charge >= 0.3 is 0 Å². The van der Waals surface area contributed by atoms with Crippen LogP contribution in [0.25, 0.3) is 0 Å². The molecule has 0 bridgehead atoms. The Hall–Kier alpha value is -2.14. The highest BCUT2D eigenvalue weighted by Crippen LogP contribution is 2.14. The number of nitrogens with one attached hydrogen (secondary N) is 1. The topological polar surface area (TPSA) is 53.4 Å². The van der Waals surface area contributed by atoms with E-state index >= 15 is 0 Å². The fourth-order valence-corrected chi connectivity index (χ4v) is 2.02. The van der Waals surface area contributed by atoms with E-state index in [4.69, 9.17) is 11.6 Å². The number of hydrogen-bond donors (Lipinski definition) is 1. The van der Waals surface area contributed by atoms with Crippen LogP contribution in [0.2, 0.25) is 5.15 Å². The molecule has 110 valence electrons. The van der Waals surface area contributed by atoms with Crippen LogP contribution in [0.5, 0.6) is 0 Å². The summed E-state index contributed by atoms with van der Waals surface area (Å²) < 4.78 is 0. The number of nitrogens with zero attached hydrogens (tertiary/aromatic N) is 4. The Morgan fingerprint density at radius 1 is 1.19 bits per heavy atom. The molecule has 0 aliphatic carbocycles. The minimum atomic E-state index is 0.396. The number of halogens is 1. The predicted molar refractivity (Wildman–Crippen MR) is 88.4 cm³/mol. The molecule has 0 saturated heterocycles. The first-order valence-corrected chi connectivity index (χ1v) is 6.93. The van der Waals surface area contributed by atoms with Crippen molar-refractivity contribution < 1.29 is 0 Å². The van der Waals surface area contributed by atoms with Crippen LogP contribution in [-0.4, -0.2) is 29.8 Å². The van der Waals surface area contributed by atoms with Gasteiger partial charge in [0.25, 0.3) is 0 Å². The molecule has 21 heavy (non-hydrogen) atoms. The Morgan fingerprint density at radius 3 is 2.43 bits per heavy atom. The number of rotatable bonds is 4. The van der Waals surface area contributed by atoms with Crippen LogP contribution in [0.3, 0.4) is 0 Å². The van der Waals surface area contributed by atoms with E-state index in [0.717, 1.165) is 17.0 Å². The second-order valence-corrected chi connectivity index (χ2v) is 5.26. The third kappa shape index (κ3) is 4.16. The summed E-state index contributed by atoms with van der Waals surface area (Å²) in [5, 5.41) is 4.72. The van der Waals surface area contributed by atoms with Gasteiger partial charge in [0.15, 0.2) is 5.82 Å². The molecule has 0 unspecified atom stereocenters. The first kappa shape index (κ1) is 15.3. The van der Waals surface area contributed by atoms with Gasteiger partial charge in [-0.15, -0.1) is 0 Å². The van der Waals surface area contributed by atoms with E-state index in [2.05, 4.69) is 37.5 Å². The van der Waals surface area contributed by atoms with E-state index in [1.54, 1.807) is 13.0 Å². The van der Waals surface area contributed by atoms with Crippen molar-refractivity contribution in [2.75, 3.05) is 24.4 Å². The molecule has 0 amide bonds. The summed E-state index contributed by atoms with van der Waals surface area (Å²) in [6.07, 6.45) is 0. The fraction of sp³-hybridized carbons (Fsp3) is 0.267. The first-order valence-electron chi connectivity index (χ1n) is 6.55. The summed E-state index contributed by atoms with van der Waals surface area (Å²) in [7, 11) is 4.03. The van der Waals surface area contributed by atoms with E-state index in [1.165, 1.54) is 0 Å². The van der Waals surface area contributed by atoms with Gasteiger partial charge in [-0.25, -0.2) is 9.97 Å². The lowest BCUT2D eigenvalue weighted by atomic mass is 10.1. The van der Waals surface area contributed by atoms with E-state index in [0.29, 0.717) is 16.8 Å². The molecular weight excluding hydrogens is 286 g/mol. The average Bonchev–Trinajstić information content (AvgIpc) is 2.44. The van der Waals surface area contributed by atoms with Crippen LogP contribution < -0.4 is 10.3 Å². The number of hydrogen-bond acceptors (Lipinski definition) is 5. The van der Waals surface area contributed by atoms with Crippen molar-refractivity contribution in [2.24, 2.45) is 5.10 Å². The zero-order chi connectivity index (χ0) is 15.4. The number of hydrazone groups is 1. The third-order valence-corrected chi connectivity index (χ3v) is 3.14. The normalized spacial score (nSPS) is 11.4. The first-order chi connectivity index (χ1) is 9.95. The standard InChI is InChI=1S/C15H18ClN5/c1-10(12-5-7-13(8-6-12)21(3)4)19-20-15-9-14(16)17-11(2)18-15/h5-9H,1-4H3,(H,17,18,20). The molecule has 0 aliphatic rings. The average molecular weight is 304 g/mol. The highest BCUT2D eigenvalue weighted by molar-refractivity contribution is 6.29. The third-order valence-electron chi connectivity index (χ3n) is 2.95. The van der Waals surface area contributed by atoms with E-state index in [9.17, 15) is 0 Å². The summed E-state index contributed by atoms with van der Waals surface area (Å²) in [5.41, 5.74) is 5.97. The van der Waals surface area contributed by atoms with Gasteiger partial charge in [-0.2, -0.15) is 5.10 Å². The number of aromatic nitrogens is 2. The summed E-state index contributed by atoms with van der Waals surface area (Å²) >= 11 is 5.89. The Balaban J connectivity index is 2.13. The maximum absolute atomic E-state index is 5.89. The van der Waals surface area contributed by atoms with Crippen molar-refractivity contribution in [1.29, 1.82) is 0 Å². The molecule has 0 fully saturated rings. The number of benzene rings is 1. The lowest BCUT2D eigenvalue weighted by Crippen LogP contribution is -2.08. The molecule has 0 radical (unpaired) electrons. The minimum absolute atomic E-state index is 0.396. The predicted octanol–water partition coefficient (Wildman–Crippen LogP) is 3.34. The van der Waals surface area contributed by atoms with Crippen molar-refractivity contribution in [3.63, 3.8) is 0 Å². The minimum Gasteiger partial charge on any atom is -0.378 e. The lowest BCUT2D eigenvalue weighted by Gasteiger charge is -2.12. The van der Waals surface area contributed by atoms with Crippen molar-refractivity contribution in [2.45, 2.75) is 13.8 Å². The second kappa shape index (κ2) is 6.54. The summed E-state index contributed by atoms with van der Waals surface area (Å²) in [6, 6.07) is 9.82. The van der Waals surface area contributed by atoms with E-state index in [1.807, 2.05) is 33.2 Å². The van der Waals surface area contributed by atoms with Crippen LogP contribution in [0.4, 0.5) is 11.5 Å². The molecule has 0 saturated carbocycles. The van der Waals surface area contributed by atoms with Gasteiger partial charge in [-0.1, -0.05) is 23.7 Å². The van der Waals surface area contributed by atoms with Gasteiger partial charge in [0.05, 0.1) is 5.71 Å². The van der Waals surface area contributed by atoms with E-state index in [-0.39, 0.29) is 0 Å². The molecule has 0 atom stereocenters. The van der Waals surface area contributed by atoms with Crippen molar-refractivity contribution in [3.8, 4) is 0 Å².